The van der Waals surface area contributed by atoms with E-state index in [2.05, 4.69) is 4.90 Å². The van der Waals surface area contributed by atoms with Gasteiger partial charge in [-0.15, -0.1) is 11.8 Å². The van der Waals surface area contributed by atoms with Crippen molar-refractivity contribution >= 4 is 29.5 Å². The van der Waals surface area contributed by atoms with E-state index in [1.807, 2.05) is 43.1 Å². The Bertz CT molecular complexity index is 951. The van der Waals surface area contributed by atoms with Crippen molar-refractivity contribution in [2.24, 2.45) is 17.8 Å². The van der Waals surface area contributed by atoms with Gasteiger partial charge in [0.1, 0.15) is 6.04 Å². The third-order valence-corrected chi connectivity index (χ3v) is 10.2. The molecule has 5 rings (SSSR count). The summed E-state index contributed by atoms with van der Waals surface area (Å²) in [5.41, 5.74) is 0. The molecule has 0 bridgehead atoms. The summed E-state index contributed by atoms with van der Waals surface area (Å²) < 4.78 is 4.62. The molecule has 1 unspecified atom stereocenters. The van der Waals surface area contributed by atoms with Gasteiger partial charge in [-0.2, -0.15) is 0 Å². The van der Waals surface area contributed by atoms with Crippen molar-refractivity contribution in [3.8, 4) is 0 Å². The van der Waals surface area contributed by atoms with Gasteiger partial charge in [0.25, 0.3) is 0 Å². The Labute approximate surface area is 217 Å². The predicted octanol–water partition coefficient (Wildman–Crippen LogP) is 0.0595. The number of hydrogen-bond donors (Lipinski definition) is 1. The molecule has 36 heavy (non-hydrogen) atoms. The number of likely N-dealkylation sites (N-methyl/N-ethyl adjacent to an activating group) is 1. The summed E-state index contributed by atoms with van der Waals surface area (Å²) >= 11 is 1.59. The molecule has 198 valence electrons. The number of carbonyl (C=O) groups excluding carboxylic acids is 3. The maximum absolute atomic E-state index is 14.3. The Balaban J connectivity index is 1.52. The fourth-order valence-corrected chi connectivity index (χ4v) is 8.51. The molecule has 3 saturated heterocycles. The van der Waals surface area contributed by atoms with E-state index in [1.165, 1.54) is 0 Å². The smallest absolute Gasteiger partial charge is 0.247 e. The summed E-state index contributed by atoms with van der Waals surface area (Å²) in [4.78, 5) is 49.5. The Morgan fingerprint density at radius 2 is 1.83 bits per heavy atom. The van der Waals surface area contributed by atoms with Crippen LogP contribution in [0.3, 0.4) is 0 Å². The van der Waals surface area contributed by atoms with E-state index in [0.717, 1.165) is 19.6 Å². The number of nitrogens with zero attached hydrogens (tertiary/aromatic N) is 4. The molecule has 0 aromatic carbocycles. The van der Waals surface area contributed by atoms with E-state index < -0.39 is 28.7 Å². The SMILES string of the molecule is CC(C)[C@H](CO)N1C(=O)[C@@H]2[C@@H]3C(=O)N(C)CC=C[C@@H]3S[C@@]23C=CCN(CCN2CCOCC2)C(=O)C13. The molecule has 6 atom stereocenters. The van der Waals surface area contributed by atoms with E-state index in [4.69, 9.17) is 4.74 Å². The molecular formula is C26H38N4O5S. The molecule has 5 aliphatic heterocycles. The van der Waals surface area contributed by atoms with Crippen molar-refractivity contribution < 1.29 is 24.2 Å². The van der Waals surface area contributed by atoms with Gasteiger partial charge in [0.15, 0.2) is 0 Å². The first kappa shape index (κ1) is 25.8. The summed E-state index contributed by atoms with van der Waals surface area (Å²) in [5, 5.41) is 10.2. The Kier molecular flexibility index (Phi) is 7.24. The fourth-order valence-electron chi connectivity index (χ4n) is 6.52. The first-order valence-electron chi connectivity index (χ1n) is 13.1. The number of aliphatic hydroxyl groups is 1. The second-order valence-corrected chi connectivity index (χ2v) is 12.4. The zero-order valence-electron chi connectivity index (χ0n) is 21.4. The lowest BCUT2D eigenvalue weighted by Crippen LogP contribution is -2.58. The van der Waals surface area contributed by atoms with Gasteiger partial charge < -0.3 is 24.5 Å². The minimum Gasteiger partial charge on any atom is -0.394 e. The van der Waals surface area contributed by atoms with Crippen LogP contribution < -0.4 is 0 Å². The summed E-state index contributed by atoms with van der Waals surface area (Å²) in [7, 11) is 1.77. The maximum Gasteiger partial charge on any atom is 0.247 e. The van der Waals surface area contributed by atoms with Crippen LogP contribution in [0.2, 0.25) is 0 Å². The zero-order chi connectivity index (χ0) is 25.6. The summed E-state index contributed by atoms with van der Waals surface area (Å²) in [5.74, 6) is -1.52. The largest absolute Gasteiger partial charge is 0.394 e. The third-order valence-electron chi connectivity index (χ3n) is 8.49. The topological polar surface area (TPSA) is 93.6 Å². The maximum atomic E-state index is 14.3. The van der Waals surface area contributed by atoms with Crippen LogP contribution in [-0.4, -0.2) is 131 Å². The molecule has 1 spiro atoms. The van der Waals surface area contributed by atoms with Crippen LogP contribution >= 0.6 is 11.8 Å². The van der Waals surface area contributed by atoms with Crippen molar-refractivity contribution in [3.63, 3.8) is 0 Å². The van der Waals surface area contributed by atoms with Gasteiger partial charge in [-0.05, 0) is 5.92 Å². The van der Waals surface area contributed by atoms with Gasteiger partial charge in [-0.3, -0.25) is 19.3 Å². The van der Waals surface area contributed by atoms with E-state index >= 15 is 0 Å². The molecule has 0 aromatic heterocycles. The van der Waals surface area contributed by atoms with Crippen LogP contribution in [0, 0.1) is 17.8 Å². The molecule has 10 heteroatoms. The standard InChI is InChI=1S/C26H38N4O5S/c1-17(2)18(16-31)30-22-25(34)29(11-10-28-12-14-35-15-13-28)9-5-7-26(22)21(24(30)33)20-19(36-26)6-4-8-27(3)23(20)32/h4-7,17-22,31H,8-16H2,1-3H3/t18-,19-,20+,21-,22?,26-/m0/s1. The van der Waals surface area contributed by atoms with E-state index in [-0.39, 0.29) is 35.5 Å². The van der Waals surface area contributed by atoms with Crippen LogP contribution in [-0.2, 0) is 19.1 Å². The number of fused-ring (bicyclic) bond motifs is 2. The summed E-state index contributed by atoms with van der Waals surface area (Å²) in [6.45, 7) is 9.10. The first-order valence-corrected chi connectivity index (χ1v) is 14.0. The monoisotopic (exact) mass is 518 g/mol. The van der Waals surface area contributed by atoms with Crippen molar-refractivity contribution in [2.75, 3.05) is 66.1 Å². The summed E-state index contributed by atoms with van der Waals surface area (Å²) in [6, 6.07) is -1.24. The third kappa shape index (κ3) is 4.10. The van der Waals surface area contributed by atoms with Crippen LogP contribution in [0.25, 0.3) is 0 Å². The van der Waals surface area contributed by atoms with E-state index in [9.17, 15) is 19.5 Å². The number of hydrogen-bond acceptors (Lipinski definition) is 7. The first-order chi connectivity index (χ1) is 17.3. The predicted molar refractivity (Wildman–Crippen MR) is 137 cm³/mol. The molecule has 0 aromatic rings. The second kappa shape index (κ2) is 10.1. The van der Waals surface area contributed by atoms with Gasteiger partial charge in [-0.1, -0.05) is 38.2 Å². The normalized spacial score (nSPS) is 35.7. The van der Waals surface area contributed by atoms with Crippen LogP contribution in [0.5, 0.6) is 0 Å². The Morgan fingerprint density at radius 1 is 1.08 bits per heavy atom. The Morgan fingerprint density at radius 3 is 2.53 bits per heavy atom. The van der Waals surface area contributed by atoms with Crippen molar-refractivity contribution in [1.29, 1.82) is 0 Å². The highest BCUT2D eigenvalue weighted by Crippen LogP contribution is 2.61. The van der Waals surface area contributed by atoms with Crippen molar-refractivity contribution in [2.45, 2.75) is 35.9 Å². The number of aliphatic hydroxyl groups excluding tert-OH is 1. The molecular weight excluding hydrogens is 480 g/mol. The van der Waals surface area contributed by atoms with Gasteiger partial charge in [0.05, 0.1) is 42.4 Å². The van der Waals surface area contributed by atoms with E-state index in [0.29, 0.717) is 32.8 Å². The highest BCUT2D eigenvalue weighted by atomic mass is 32.2. The minimum atomic E-state index is -0.836. The molecule has 0 aliphatic carbocycles. The lowest BCUT2D eigenvalue weighted by atomic mass is 9.78. The van der Waals surface area contributed by atoms with Gasteiger partial charge in [0, 0.05) is 51.6 Å². The lowest BCUT2D eigenvalue weighted by molar-refractivity contribution is -0.147. The quantitative estimate of drug-likeness (QED) is 0.497. The minimum absolute atomic E-state index is 0.0372. The number of likely N-dealkylation sites (tertiary alicyclic amines) is 1. The zero-order valence-corrected chi connectivity index (χ0v) is 22.2. The number of morpholine rings is 1. The van der Waals surface area contributed by atoms with Crippen LogP contribution in [0.15, 0.2) is 24.3 Å². The molecule has 1 N–H and O–H groups in total. The molecule has 0 radical (unpaired) electrons. The van der Waals surface area contributed by atoms with Crippen LogP contribution in [0.1, 0.15) is 13.8 Å². The second-order valence-electron chi connectivity index (χ2n) is 10.9. The lowest BCUT2D eigenvalue weighted by Gasteiger charge is -2.40. The average Bonchev–Trinajstić information content (AvgIpc) is 3.19. The fraction of sp³-hybridized carbons (Fsp3) is 0.731. The molecule has 0 saturated carbocycles. The molecule has 5 aliphatic rings. The highest BCUT2D eigenvalue weighted by Gasteiger charge is 2.71. The molecule has 3 fully saturated rings. The highest BCUT2D eigenvalue weighted by molar-refractivity contribution is 8.02. The van der Waals surface area contributed by atoms with Gasteiger partial charge in [-0.25, -0.2) is 0 Å². The van der Waals surface area contributed by atoms with Gasteiger partial charge >= 0.3 is 0 Å². The average molecular weight is 519 g/mol. The number of amides is 3. The molecule has 5 heterocycles. The van der Waals surface area contributed by atoms with Gasteiger partial charge in [0.2, 0.25) is 17.7 Å². The van der Waals surface area contributed by atoms with Crippen molar-refractivity contribution in [1.82, 2.24) is 19.6 Å². The number of ether oxygens (including phenoxy) is 1. The van der Waals surface area contributed by atoms with Crippen LogP contribution in [0.4, 0.5) is 0 Å². The molecule has 3 amide bonds. The van der Waals surface area contributed by atoms with Crippen molar-refractivity contribution in [3.05, 3.63) is 24.3 Å². The number of rotatable bonds is 6. The number of carbonyl (C=O) groups is 3. The van der Waals surface area contributed by atoms with E-state index in [1.54, 1.807) is 28.6 Å². The number of thioether (sulfide) groups is 1. The molecule has 9 nitrogen and oxygen atoms in total. The Hall–Kier alpha value is -1.88. The summed E-state index contributed by atoms with van der Waals surface area (Å²) in [6.07, 6.45) is 8.10.